The molecule has 0 spiro atoms. The second kappa shape index (κ2) is 6.12. The summed E-state index contributed by atoms with van der Waals surface area (Å²) in [6.07, 6.45) is 3.53. The van der Waals surface area contributed by atoms with E-state index < -0.39 is 0 Å². The van der Waals surface area contributed by atoms with Crippen LogP contribution in [0.5, 0.6) is 0 Å². The number of nitrogens with zero attached hydrogens (tertiary/aromatic N) is 8. The van der Waals surface area contributed by atoms with Crippen molar-refractivity contribution in [3.63, 3.8) is 0 Å². The van der Waals surface area contributed by atoms with E-state index in [0.717, 1.165) is 49.4 Å². The Labute approximate surface area is 139 Å². The fraction of sp³-hybridized carbons (Fsp3) is 0.786. The predicted molar refractivity (Wildman–Crippen MR) is 87.6 cm³/mol. The fourth-order valence-electron chi connectivity index (χ4n) is 3.15. The van der Waals surface area contributed by atoms with Gasteiger partial charge in [-0.25, -0.2) is 9.67 Å². The van der Waals surface area contributed by atoms with Gasteiger partial charge in [-0.2, -0.15) is 4.37 Å². The molecule has 3 heterocycles. The van der Waals surface area contributed by atoms with Crippen LogP contribution in [-0.4, -0.2) is 60.6 Å². The van der Waals surface area contributed by atoms with E-state index in [-0.39, 0.29) is 6.04 Å². The summed E-state index contributed by atoms with van der Waals surface area (Å²) in [4.78, 5) is 9.35. The van der Waals surface area contributed by atoms with Crippen LogP contribution in [0, 0.1) is 6.92 Å². The quantitative estimate of drug-likeness (QED) is 0.837. The van der Waals surface area contributed by atoms with E-state index in [1.807, 2.05) is 11.6 Å². The molecule has 2 aliphatic rings. The molecule has 1 aliphatic heterocycles. The number of aromatic nitrogens is 6. The molecule has 0 bridgehead atoms. The molecule has 0 radical (unpaired) electrons. The van der Waals surface area contributed by atoms with Gasteiger partial charge in [-0.05, 0) is 43.5 Å². The van der Waals surface area contributed by atoms with Crippen molar-refractivity contribution >= 4 is 16.7 Å². The maximum absolute atomic E-state index is 4.52. The lowest BCUT2D eigenvalue weighted by molar-refractivity contribution is 0.212. The van der Waals surface area contributed by atoms with Gasteiger partial charge in [0, 0.05) is 37.7 Å². The van der Waals surface area contributed by atoms with Crippen molar-refractivity contribution in [1.29, 1.82) is 0 Å². The molecule has 8 nitrogen and oxygen atoms in total. The van der Waals surface area contributed by atoms with Gasteiger partial charge >= 0.3 is 0 Å². The normalized spacial score (nSPS) is 21.4. The van der Waals surface area contributed by atoms with E-state index >= 15 is 0 Å². The first-order valence-electron chi connectivity index (χ1n) is 8.29. The Balaban J connectivity index is 1.44. The first-order chi connectivity index (χ1) is 11.2. The molecule has 0 aromatic carbocycles. The Kier molecular flexibility index (Phi) is 3.98. The molecule has 0 amide bonds. The number of tetrazole rings is 1. The van der Waals surface area contributed by atoms with Crippen LogP contribution < -0.4 is 4.90 Å². The summed E-state index contributed by atoms with van der Waals surface area (Å²) in [7, 11) is 0. The molecule has 0 N–H and O–H groups in total. The van der Waals surface area contributed by atoms with Crippen molar-refractivity contribution in [3.8, 4) is 0 Å². The SMILES string of the molecule is Cc1nsc(N2CCCN([C@@H](C)c3nnnn3C3CC3)CC2)n1. The van der Waals surface area contributed by atoms with Gasteiger partial charge in [0.15, 0.2) is 5.82 Å². The highest BCUT2D eigenvalue weighted by Crippen LogP contribution is 2.36. The highest BCUT2D eigenvalue weighted by atomic mass is 32.1. The van der Waals surface area contributed by atoms with Crippen LogP contribution in [0.25, 0.3) is 0 Å². The average Bonchev–Trinajstić information content (AvgIpc) is 3.21. The molecule has 1 saturated carbocycles. The third kappa shape index (κ3) is 3.07. The molecule has 2 aromatic heterocycles. The molecular weight excluding hydrogens is 312 g/mol. The van der Waals surface area contributed by atoms with Crippen molar-refractivity contribution in [2.45, 2.75) is 45.2 Å². The van der Waals surface area contributed by atoms with Gasteiger partial charge in [0.05, 0.1) is 12.1 Å². The second-order valence-electron chi connectivity index (χ2n) is 6.39. The van der Waals surface area contributed by atoms with E-state index in [2.05, 4.69) is 41.6 Å². The zero-order chi connectivity index (χ0) is 15.8. The third-order valence-corrected chi connectivity index (χ3v) is 5.52. The summed E-state index contributed by atoms with van der Waals surface area (Å²) in [5, 5.41) is 13.4. The van der Waals surface area contributed by atoms with Crippen molar-refractivity contribution < 1.29 is 0 Å². The molecule has 2 aromatic rings. The van der Waals surface area contributed by atoms with Crippen LogP contribution in [0.4, 0.5) is 5.13 Å². The Hall–Kier alpha value is -1.61. The van der Waals surface area contributed by atoms with E-state index in [1.165, 1.54) is 24.4 Å². The summed E-state index contributed by atoms with van der Waals surface area (Å²) in [5.74, 6) is 1.87. The molecule has 0 unspecified atom stereocenters. The number of rotatable bonds is 4. The Morgan fingerprint density at radius 1 is 1.17 bits per heavy atom. The minimum atomic E-state index is 0.252. The summed E-state index contributed by atoms with van der Waals surface area (Å²) in [5.41, 5.74) is 0. The van der Waals surface area contributed by atoms with E-state index in [1.54, 1.807) is 0 Å². The Bertz CT molecular complexity index is 663. The fourth-order valence-corrected chi connectivity index (χ4v) is 3.87. The van der Waals surface area contributed by atoms with E-state index in [4.69, 9.17) is 0 Å². The van der Waals surface area contributed by atoms with Crippen molar-refractivity contribution in [3.05, 3.63) is 11.6 Å². The lowest BCUT2D eigenvalue weighted by Gasteiger charge is -2.26. The zero-order valence-electron chi connectivity index (χ0n) is 13.6. The topological polar surface area (TPSA) is 75.9 Å². The molecule has 1 saturated heterocycles. The molecule has 1 aliphatic carbocycles. The monoisotopic (exact) mass is 334 g/mol. The van der Waals surface area contributed by atoms with E-state index in [0.29, 0.717) is 6.04 Å². The number of aryl methyl sites for hydroxylation is 1. The van der Waals surface area contributed by atoms with Crippen LogP contribution in [0.1, 0.15) is 49.9 Å². The second-order valence-corrected chi connectivity index (χ2v) is 7.12. The van der Waals surface area contributed by atoms with Gasteiger partial charge in [-0.15, -0.1) is 5.10 Å². The number of hydrogen-bond acceptors (Lipinski definition) is 8. The lowest BCUT2D eigenvalue weighted by atomic mass is 10.2. The Morgan fingerprint density at radius 2 is 2.04 bits per heavy atom. The average molecular weight is 334 g/mol. The van der Waals surface area contributed by atoms with Gasteiger partial charge in [0.25, 0.3) is 0 Å². The lowest BCUT2D eigenvalue weighted by Crippen LogP contribution is -2.33. The van der Waals surface area contributed by atoms with Crippen molar-refractivity contribution in [1.82, 2.24) is 34.5 Å². The van der Waals surface area contributed by atoms with E-state index in [9.17, 15) is 0 Å². The summed E-state index contributed by atoms with van der Waals surface area (Å²) in [6.45, 7) is 8.24. The van der Waals surface area contributed by atoms with Gasteiger partial charge in [-0.3, -0.25) is 4.90 Å². The summed E-state index contributed by atoms with van der Waals surface area (Å²) in [6, 6.07) is 0.775. The minimum absolute atomic E-state index is 0.252. The largest absolute Gasteiger partial charge is 0.346 e. The number of hydrogen-bond donors (Lipinski definition) is 0. The van der Waals surface area contributed by atoms with Crippen LogP contribution in [0.2, 0.25) is 0 Å². The van der Waals surface area contributed by atoms with Crippen LogP contribution in [0.15, 0.2) is 0 Å². The molecule has 124 valence electrons. The molecule has 2 fully saturated rings. The highest BCUT2D eigenvalue weighted by molar-refractivity contribution is 7.09. The molecule has 9 heteroatoms. The van der Waals surface area contributed by atoms with Gasteiger partial charge in [0.1, 0.15) is 5.82 Å². The van der Waals surface area contributed by atoms with Gasteiger partial charge < -0.3 is 4.90 Å². The first-order valence-corrected chi connectivity index (χ1v) is 9.07. The van der Waals surface area contributed by atoms with Crippen LogP contribution in [-0.2, 0) is 0 Å². The maximum Gasteiger partial charge on any atom is 0.205 e. The maximum atomic E-state index is 4.52. The van der Waals surface area contributed by atoms with Crippen molar-refractivity contribution in [2.24, 2.45) is 0 Å². The molecule has 4 rings (SSSR count). The van der Waals surface area contributed by atoms with Gasteiger partial charge in [0.2, 0.25) is 5.13 Å². The predicted octanol–water partition coefficient (Wildman–Crippen LogP) is 1.44. The molecule has 1 atom stereocenters. The summed E-state index contributed by atoms with van der Waals surface area (Å²) >= 11 is 1.50. The zero-order valence-corrected chi connectivity index (χ0v) is 14.4. The summed E-state index contributed by atoms with van der Waals surface area (Å²) < 4.78 is 6.33. The standard InChI is InChI=1S/C14H22N8S/c1-10(13-16-18-19-22(13)12-4-5-12)20-6-3-7-21(9-8-20)14-15-11(2)17-23-14/h10,12H,3-9H2,1-2H3/t10-/m0/s1. The highest BCUT2D eigenvalue weighted by Gasteiger charge is 2.32. The third-order valence-electron chi connectivity index (χ3n) is 4.65. The number of anilines is 1. The Morgan fingerprint density at radius 3 is 2.78 bits per heavy atom. The minimum Gasteiger partial charge on any atom is -0.346 e. The van der Waals surface area contributed by atoms with Crippen molar-refractivity contribution in [2.75, 3.05) is 31.1 Å². The van der Waals surface area contributed by atoms with Crippen LogP contribution >= 0.6 is 11.5 Å². The van der Waals surface area contributed by atoms with Crippen LogP contribution in [0.3, 0.4) is 0 Å². The van der Waals surface area contributed by atoms with Gasteiger partial charge in [-0.1, -0.05) is 0 Å². The molecule has 23 heavy (non-hydrogen) atoms. The molecular formula is C14H22N8S. The first kappa shape index (κ1) is 14.9. The smallest absolute Gasteiger partial charge is 0.205 e.